The van der Waals surface area contributed by atoms with Crippen LogP contribution in [0.15, 0.2) is 36.5 Å². The van der Waals surface area contributed by atoms with Gasteiger partial charge in [-0.2, -0.15) is 5.26 Å². The van der Waals surface area contributed by atoms with Gasteiger partial charge in [0, 0.05) is 30.9 Å². The summed E-state index contributed by atoms with van der Waals surface area (Å²) in [5.41, 5.74) is 2.37. The van der Waals surface area contributed by atoms with Gasteiger partial charge in [0.2, 0.25) is 0 Å². The van der Waals surface area contributed by atoms with Crippen LogP contribution in [0.25, 0.3) is 0 Å². The summed E-state index contributed by atoms with van der Waals surface area (Å²) in [4.78, 5) is 18.4. The van der Waals surface area contributed by atoms with Gasteiger partial charge in [0.1, 0.15) is 11.8 Å². The van der Waals surface area contributed by atoms with Gasteiger partial charge in [-0.15, -0.1) is 0 Å². The Kier molecular flexibility index (Phi) is 5.78. The minimum atomic E-state index is -0.284. The van der Waals surface area contributed by atoms with Gasteiger partial charge >= 0.3 is 0 Å². The second kappa shape index (κ2) is 7.80. The monoisotopic (exact) mass is 342 g/mol. The molecule has 5 nitrogen and oxygen atoms in total. The maximum absolute atomic E-state index is 12.3. The zero-order chi connectivity index (χ0) is 17.7. The number of carbonyl (C=O) groups is 1. The number of carbonyl (C=O) groups excluding carboxylic acids is 1. The van der Waals surface area contributed by atoms with E-state index < -0.39 is 0 Å². The maximum Gasteiger partial charge on any atom is 0.270 e. The Hall–Kier alpha value is -2.58. The van der Waals surface area contributed by atoms with Crippen LogP contribution in [0.3, 0.4) is 0 Å². The molecule has 0 bridgehead atoms. The van der Waals surface area contributed by atoms with E-state index in [1.165, 1.54) is 6.20 Å². The Bertz CT molecular complexity index is 766. The molecule has 2 rings (SSSR count). The van der Waals surface area contributed by atoms with Crippen molar-refractivity contribution in [1.82, 2.24) is 10.3 Å². The molecule has 124 valence electrons. The summed E-state index contributed by atoms with van der Waals surface area (Å²) in [6.07, 6.45) is 1.44. The first kappa shape index (κ1) is 17.8. The topological polar surface area (TPSA) is 69.0 Å². The standard InChI is InChI=1S/C18H19ClN4O/c1-12(2)23(3)17-8-16(21-11-14(17)9-20)18(24)22-10-13-4-6-15(19)7-5-13/h4-8,11-12H,10H2,1-3H3,(H,22,24). The highest BCUT2D eigenvalue weighted by Gasteiger charge is 2.15. The number of nitriles is 1. The number of aromatic nitrogens is 1. The third kappa shape index (κ3) is 4.24. The SMILES string of the molecule is CC(C)N(C)c1cc(C(=O)NCc2ccc(Cl)cc2)ncc1C#N. The van der Waals surface area contributed by atoms with E-state index in [9.17, 15) is 10.1 Å². The third-order valence-electron chi connectivity index (χ3n) is 3.76. The average Bonchev–Trinajstić information content (AvgIpc) is 2.59. The molecule has 0 aliphatic rings. The molecular formula is C18H19ClN4O. The number of amides is 1. The molecule has 0 aliphatic heterocycles. The lowest BCUT2D eigenvalue weighted by molar-refractivity contribution is 0.0946. The van der Waals surface area contributed by atoms with E-state index >= 15 is 0 Å². The summed E-state index contributed by atoms with van der Waals surface area (Å²) in [5, 5.41) is 12.7. The van der Waals surface area contributed by atoms with E-state index in [1.807, 2.05) is 37.9 Å². The molecule has 1 N–H and O–H groups in total. The predicted octanol–water partition coefficient (Wildman–Crippen LogP) is 3.38. The molecule has 0 saturated carbocycles. The van der Waals surface area contributed by atoms with Gasteiger partial charge in [-0.3, -0.25) is 4.79 Å². The van der Waals surface area contributed by atoms with Crippen LogP contribution in [0.2, 0.25) is 5.02 Å². The first-order valence-electron chi connectivity index (χ1n) is 7.58. The molecular weight excluding hydrogens is 324 g/mol. The van der Waals surface area contributed by atoms with Gasteiger partial charge in [0.15, 0.2) is 0 Å². The van der Waals surface area contributed by atoms with E-state index in [1.54, 1.807) is 18.2 Å². The molecule has 1 aromatic heterocycles. The average molecular weight is 343 g/mol. The van der Waals surface area contributed by atoms with Crippen LogP contribution in [0.4, 0.5) is 5.69 Å². The lowest BCUT2D eigenvalue weighted by atomic mass is 10.1. The number of nitrogens with one attached hydrogen (secondary N) is 1. The van der Waals surface area contributed by atoms with Gasteiger partial charge in [0.05, 0.1) is 11.3 Å². The van der Waals surface area contributed by atoms with Gasteiger partial charge in [-0.05, 0) is 37.6 Å². The number of halogens is 1. The highest BCUT2D eigenvalue weighted by Crippen LogP contribution is 2.21. The number of hydrogen-bond acceptors (Lipinski definition) is 4. The van der Waals surface area contributed by atoms with Crippen LogP contribution in [0, 0.1) is 11.3 Å². The fourth-order valence-electron chi connectivity index (χ4n) is 2.10. The molecule has 0 spiro atoms. The van der Waals surface area contributed by atoms with Crippen LogP contribution >= 0.6 is 11.6 Å². The number of rotatable bonds is 5. The fraction of sp³-hybridized carbons (Fsp3) is 0.278. The fourth-order valence-corrected chi connectivity index (χ4v) is 2.23. The minimum absolute atomic E-state index is 0.199. The lowest BCUT2D eigenvalue weighted by Crippen LogP contribution is -2.28. The molecule has 1 amide bonds. The van der Waals surface area contributed by atoms with Crippen LogP contribution in [-0.4, -0.2) is 24.0 Å². The minimum Gasteiger partial charge on any atom is -0.371 e. The summed E-state index contributed by atoms with van der Waals surface area (Å²) in [7, 11) is 1.89. The van der Waals surface area contributed by atoms with Crippen molar-refractivity contribution in [3.8, 4) is 6.07 Å². The van der Waals surface area contributed by atoms with Crippen LogP contribution in [-0.2, 0) is 6.54 Å². The molecule has 1 aromatic carbocycles. The molecule has 1 heterocycles. The van der Waals surface area contributed by atoms with Crippen LogP contribution < -0.4 is 10.2 Å². The number of benzene rings is 1. The largest absolute Gasteiger partial charge is 0.371 e. The van der Waals surface area contributed by atoms with Gasteiger partial charge < -0.3 is 10.2 Å². The summed E-state index contributed by atoms with van der Waals surface area (Å²) in [6, 6.07) is 11.2. The van der Waals surface area contributed by atoms with Gasteiger partial charge in [-0.1, -0.05) is 23.7 Å². The Morgan fingerprint density at radius 3 is 2.62 bits per heavy atom. The highest BCUT2D eigenvalue weighted by molar-refractivity contribution is 6.30. The normalized spacial score (nSPS) is 10.3. The Morgan fingerprint density at radius 2 is 2.04 bits per heavy atom. The molecule has 6 heteroatoms. The van der Waals surface area contributed by atoms with E-state index in [0.29, 0.717) is 22.8 Å². The summed E-state index contributed by atoms with van der Waals surface area (Å²) >= 11 is 5.84. The second-order valence-electron chi connectivity index (χ2n) is 5.71. The Balaban J connectivity index is 2.16. The molecule has 0 aliphatic carbocycles. The van der Waals surface area contributed by atoms with Crippen molar-refractivity contribution in [2.24, 2.45) is 0 Å². The van der Waals surface area contributed by atoms with Crippen molar-refractivity contribution < 1.29 is 4.79 Å². The number of anilines is 1. The van der Waals surface area contributed by atoms with Crippen molar-refractivity contribution in [1.29, 1.82) is 5.26 Å². The predicted molar refractivity (Wildman–Crippen MR) is 95.1 cm³/mol. The number of pyridine rings is 1. The van der Waals surface area contributed by atoms with Gasteiger partial charge in [-0.25, -0.2) is 4.98 Å². The second-order valence-corrected chi connectivity index (χ2v) is 6.15. The zero-order valence-electron chi connectivity index (χ0n) is 13.9. The number of nitrogens with zero attached hydrogens (tertiary/aromatic N) is 3. The van der Waals surface area contributed by atoms with Crippen molar-refractivity contribution in [3.63, 3.8) is 0 Å². The zero-order valence-corrected chi connectivity index (χ0v) is 14.6. The van der Waals surface area contributed by atoms with Crippen molar-refractivity contribution in [2.75, 3.05) is 11.9 Å². The molecule has 0 saturated heterocycles. The van der Waals surface area contributed by atoms with E-state index in [0.717, 1.165) is 5.56 Å². The van der Waals surface area contributed by atoms with E-state index in [4.69, 9.17) is 11.6 Å². The van der Waals surface area contributed by atoms with Crippen LogP contribution in [0.1, 0.15) is 35.5 Å². The first-order valence-corrected chi connectivity index (χ1v) is 7.95. The molecule has 24 heavy (non-hydrogen) atoms. The summed E-state index contributed by atoms with van der Waals surface area (Å²) in [6.45, 7) is 4.41. The van der Waals surface area contributed by atoms with E-state index in [2.05, 4.69) is 16.4 Å². The van der Waals surface area contributed by atoms with E-state index in [-0.39, 0.29) is 17.6 Å². The van der Waals surface area contributed by atoms with Gasteiger partial charge in [0.25, 0.3) is 5.91 Å². The summed E-state index contributed by atoms with van der Waals surface area (Å²) in [5.74, 6) is -0.284. The van der Waals surface area contributed by atoms with Crippen molar-refractivity contribution >= 4 is 23.2 Å². The molecule has 0 unspecified atom stereocenters. The third-order valence-corrected chi connectivity index (χ3v) is 4.01. The molecule has 2 aromatic rings. The first-order chi connectivity index (χ1) is 11.4. The molecule has 0 radical (unpaired) electrons. The van der Waals surface area contributed by atoms with Crippen molar-refractivity contribution in [3.05, 3.63) is 58.4 Å². The lowest BCUT2D eigenvalue weighted by Gasteiger charge is -2.24. The molecule has 0 fully saturated rings. The smallest absolute Gasteiger partial charge is 0.270 e. The maximum atomic E-state index is 12.3. The Labute approximate surface area is 146 Å². The molecule has 0 atom stereocenters. The van der Waals surface area contributed by atoms with Crippen molar-refractivity contribution in [2.45, 2.75) is 26.4 Å². The quantitative estimate of drug-likeness (QED) is 0.904. The summed E-state index contributed by atoms with van der Waals surface area (Å²) < 4.78 is 0. The Morgan fingerprint density at radius 1 is 1.38 bits per heavy atom. The number of hydrogen-bond donors (Lipinski definition) is 1. The van der Waals surface area contributed by atoms with Crippen LogP contribution in [0.5, 0.6) is 0 Å². The highest BCUT2D eigenvalue weighted by atomic mass is 35.5.